The summed E-state index contributed by atoms with van der Waals surface area (Å²) in [7, 11) is -2.12. The molecule has 40 heavy (non-hydrogen) atoms. The molecular weight excluding hydrogens is 532 g/mol. The van der Waals surface area contributed by atoms with E-state index in [-0.39, 0.29) is 34.8 Å². The van der Waals surface area contributed by atoms with Crippen molar-refractivity contribution in [1.29, 1.82) is 0 Å². The van der Waals surface area contributed by atoms with Gasteiger partial charge in [0, 0.05) is 45.8 Å². The summed E-state index contributed by atoms with van der Waals surface area (Å²) < 4.78 is 28.2. The van der Waals surface area contributed by atoms with E-state index in [1.165, 1.54) is 19.2 Å². The van der Waals surface area contributed by atoms with E-state index in [1.807, 2.05) is 16.8 Å². The number of hydrogen-bond acceptors (Lipinski definition) is 5. The average molecular weight is 576 g/mol. The lowest BCUT2D eigenvalue weighted by atomic mass is 9.74. The predicted molar refractivity (Wildman–Crippen MR) is 151 cm³/mol. The van der Waals surface area contributed by atoms with Crippen LogP contribution >= 0.6 is 0 Å². The molecule has 0 radical (unpaired) electrons. The number of carbonyl (C=O) groups excluding carboxylic acids is 2. The van der Waals surface area contributed by atoms with Gasteiger partial charge in [0.05, 0.1) is 16.3 Å². The number of sulfonamides is 1. The van der Waals surface area contributed by atoms with Crippen LogP contribution in [0.3, 0.4) is 0 Å². The number of likely N-dealkylation sites (tertiary alicyclic amines) is 1. The van der Waals surface area contributed by atoms with Crippen LogP contribution in [0.15, 0.2) is 29.2 Å². The molecule has 4 unspecified atom stereocenters. The van der Waals surface area contributed by atoms with Crippen LogP contribution in [-0.4, -0.2) is 91.3 Å². The Morgan fingerprint density at radius 1 is 0.900 bits per heavy atom. The van der Waals surface area contributed by atoms with Crippen LogP contribution < -0.4 is 10.6 Å². The van der Waals surface area contributed by atoms with Crippen LogP contribution in [0.4, 0.5) is 10.5 Å². The molecule has 4 aliphatic rings. The van der Waals surface area contributed by atoms with Crippen molar-refractivity contribution < 1.29 is 22.9 Å². The molecule has 11 nitrogen and oxygen atoms in total. The quantitative estimate of drug-likeness (QED) is 0.521. The van der Waals surface area contributed by atoms with Crippen LogP contribution in [-0.2, 0) is 14.8 Å². The molecule has 4 saturated heterocycles. The molecule has 0 spiro atoms. The number of rotatable bonds is 5. The predicted octanol–water partition coefficient (Wildman–Crippen LogP) is 2.89. The summed E-state index contributed by atoms with van der Waals surface area (Å²) in [6.07, 6.45) is 5.27. The highest BCUT2D eigenvalue weighted by atomic mass is 32.2. The highest BCUT2D eigenvalue weighted by molar-refractivity contribution is 7.89. The van der Waals surface area contributed by atoms with Gasteiger partial charge in [-0.15, -0.1) is 5.01 Å². The van der Waals surface area contributed by atoms with Crippen LogP contribution in [0.5, 0.6) is 0 Å². The molecule has 0 bridgehead atoms. The number of carbonyl (C=O) groups is 2. The van der Waals surface area contributed by atoms with E-state index >= 15 is 0 Å². The first-order valence-corrected chi connectivity index (χ1v) is 16.1. The molecule has 1 aromatic rings. The van der Waals surface area contributed by atoms with Crippen LogP contribution in [0.25, 0.3) is 0 Å². The first-order valence-electron chi connectivity index (χ1n) is 14.7. The molecule has 4 fully saturated rings. The zero-order valence-corrected chi connectivity index (χ0v) is 24.6. The van der Waals surface area contributed by atoms with Gasteiger partial charge in [0.1, 0.15) is 16.8 Å². The third-order valence-electron chi connectivity index (χ3n) is 9.71. The molecule has 4 heterocycles. The lowest BCUT2D eigenvalue weighted by Crippen LogP contribution is -2.50. The van der Waals surface area contributed by atoms with Gasteiger partial charge in [-0.3, -0.25) is 4.79 Å². The van der Waals surface area contributed by atoms with Gasteiger partial charge in [-0.2, -0.15) is 4.31 Å². The number of piperidine rings is 3. The molecule has 5 rings (SSSR count). The van der Waals surface area contributed by atoms with E-state index < -0.39 is 10.0 Å². The molecule has 4 aliphatic heterocycles. The number of nitrogens with one attached hydrogen (secondary N) is 2. The minimum absolute atomic E-state index is 0.0817. The number of benzene rings is 1. The maximum Gasteiger partial charge on any atom is 0.318 e. The van der Waals surface area contributed by atoms with Gasteiger partial charge in [-0.1, -0.05) is 6.92 Å². The van der Waals surface area contributed by atoms with Crippen LogP contribution in [0.2, 0.25) is 0 Å². The first-order chi connectivity index (χ1) is 19.1. The largest absolute Gasteiger partial charge is 0.342 e. The van der Waals surface area contributed by atoms with E-state index in [2.05, 4.69) is 17.6 Å². The standard InChI is InChI=1S/C28H42N6O5S/c1-19-8-13-31(14-9-19)27(35)26-20(2)34(37)33-17-12-22(18-25(26)33)21-10-15-32(16-11-21)40(38,39)24-6-4-23(5-7-24)30-28(36)29-3/h4-7,19-22,25-26H,8-18H2,1-3H3,(H-,29,30,36)/p+1. The summed E-state index contributed by atoms with van der Waals surface area (Å²) in [4.78, 5) is 41.4. The maximum atomic E-state index is 13.6. The minimum atomic E-state index is -3.63. The molecule has 0 aromatic heterocycles. The highest BCUT2D eigenvalue weighted by Gasteiger charge is 2.59. The van der Waals surface area contributed by atoms with Crippen molar-refractivity contribution in [3.63, 3.8) is 0 Å². The minimum Gasteiger partial charge on any atom is -0.342 e. The second-order valence-electron chi connectivity index (χ2n) is 12.1. The molecule has 1 aromatic carbocycles. The molecule has 12 heteroatoms. The molecule has 2 N–H and O–H groups in total. The van der Waals surface area contributed by atoms with E-state index in [0.717, 1.165) is 56.5 Å². The average Bonchev–Trinajstić information content (AvgIpc) is 3.22. The first kappa shape index (κ1) is 28.8. The fraction of sp³-hybridized carbons (Fsp3) is 0.714. The van der Waals surface area contributed by atoms with Gasteiger partial charge in [0.2, 0.25) is 22.0 Å². The Bertz CT molecular complexity index is 1210. The summed E-state index contributed by atoms with van der Waals surface area (Å²) in [6.45, 7) is 7.23. The van der Waals surface area contributed by atoms with E-state index in [4.69, 9.17) is 0 Å². The van der Waals surface area contributed by atoms with Gasteiger partial charge in [-0.05, 0) is 80.5 Å². The Hall–Kier alpha value is -2.73. The van der Waals surface area contributed by atoms with E-state index in [1.54, 1.807) is 16.4 Å². The Labute approximate surface area is 237 Å². The summed E-state index contributed by atoms with van der Waals surface area (Å²) in [5, 5.41) is 6.99. The number of anilines is 1. The number of fused-ring (bicyclic) bond motifs is 1. The highest BCUT2D eigenvalue weighted by Crippen LogP contribution is 2.42. The van der Waals surface area contributed by atoms with Gasteiger partial charge >= 0.3 is 6.03 Å². The second kappa shape index (κ2) is 11.6. The number of amides is 3. The maximum absolute atomic E-state index is 13.6. The number of nitrogens with zero attached hydrogens (tertiary/aromatic N) is 4. The Balaban J connectivity index is 1.20. The summed E-state index contributed by atoms with van der Waals surface area (Å²) in [5.74, 6) is 1.20. The monoisotopic (exact) mass is 575 g/mol. The second-order valence-corrected chi connectivity index (χ2v) is 14.0. The molecular formula is C28H43N6O5S+. The van der Waals surface area contributed by atoms with E-state index in [0.29, 0.717) is 43.1 Å². The lowest BCUT2D eigenvalue weighted by molar-refractivity contribution is -0.716. The van der Waals surface area contributed by atoms with E-state index in [9.17, 15) is 22.9 Å². The Morgan fingerprint density at radius 3 is 2.15 bits per heavy atom. The van der Waals surface area contributed by atoms with Crippen molar-refractivity contribution in [1.82, 2.24) is 19.5 Å². The van der Waals surface area contributed by atoms with Crippen molar-refractivity contribution in [2.24, 2.45) is 23.7 Å². The SMILES string of the molecule is CNC(=O)Nc1ccc(S(=O)(=O)N2CCC(C3CCN4C(C3)C(C(=O)N3CCC(C)CC3)C(C)[N+]4=O)CC2)cc1. The third kappa shape index (κ3) is 5.57. The zero-order chi connectivity index (χ0) is 28.6. The molecule has 4 atom stereocenters. The fourth-order valence-electron chi connectivity index (χ4n) is 7.16. The smallest absolute Gasteiger partial charge is 0.318 e. The fourth-order valence-corrected chi connectivity index (χ4v) is 8.63. The summed E-state index contributed by atoms with van der Waals surface area (Å²) in [6, 6.07) is 5.42. The Kier molecular flexibility index (Phi) is 8.37. The van der Waals surface area contributed by atoms with Crippen molar-refractivity contribution in [2.45, 2.75) is 69.4 Å². The van der Waals surface area contributed by atoms with Crippen molar-refractivity contribution in [3.8, 4) is 0 Å². The number of nitroso groups, excluding NO2 is 1. The van der Waals surface area contributed by atoms with Gasteiger partial charge in [0.15, 0.2) is 0 Å². The van der Waals surface area contributed by atoms with Gasteiger partial charge in [0.25, 0.3) is 0 Å². The normalized spacial score (nSPS) is 28.8. The molecule has 0 aliphatic carbocycles. The summed E-state index contributed by atoms with van der Waals surface area (Å²) >= 11 is 0. The van der Waals surface area contributed by atoms with Gasteiger partial charge in [-0.25, -0.2) is 13.2 Å². The van der Waals surface area contributed by atoms with Crippen LogP contribution in [0, 0.1) is 28.6 Å². The van der Waals surface area contributed by atoms with Crippen molar-refractivity contribution in [2.75, 3.05) is 45.1 Å². The molecule has 0 saturated carbocycles. The number of hydrazine groups is 1. The zero-order valence-electron chi connectivity index (χ0n) is 23.8. The third-order valence-corrected chi connectivity index (χ3v) is 11.6. The lowest BCUT2D eigenvalue weighted by Gasteiger charge is -2.40. The summed E-state index contributed by atoms with van der Waals surface area (Å²) in [5.41, 5.74) is 0.521. The molecule has 220 valence electrons. The van der Waals surface area contributed by atoms with Crippen LogP contribution in [0.1, 0.15) is 52.4 Å². The van der Waals surface area contributed by atoms with Crippen molar-refractivity contribution in [3.05, 3.63) is 29.2 Å². The number of urea groups is 1. The Morgan fingerprint density at radius 2 is 1.52 bits per heavy atom. The van der Waals surface area contributed by atoms with Gasteiger partial charge < -0.3 is 15.5 Å². The molecule has 3 amide bonds. The van der Waals surface area contributed by atoms with Crippen molar-refractivity contribution >= 4 is 27.6 Å². The topological polar surface area (TPSA) is 122 Å². The number of hydrogen-bond donors (Lipinski definition) is 2.